The summed E-state index contributed by atoms with van der Waals surface area (Å²) in [5.41, 5.74) is 0. The Labute approximate surface area is 346 Å². The van der Waals surface area contributed by atoms with Gasteiger partial charge in [0, 0.05) is 24.6 Å². The second-order valence-corrected chi connectivity index (χ2v) is 16.5. The van der Waals surface area contributed by atoms with E-state index in [2.05, 4.69) is 5.32 Å². The first-order chi connectivity index (χ1) is 27.7. The van der Waals surface area contributed by atoms with Gasteiger partial charge in [0.2, 0.25) is 17.7 Å². The fourth-order valence-corrected chi connectivity index (χ4v) is 7.94. The number of imide groups is 1. The summed E-state index contributed by atoms with van der Waals surface area (Å²) in [7, 11) is 3.61. The molecule has 1 aliphatic carbocycles. The maximum Gasteiger partial charge on any atom is 0.308 e. The summed E-state index contributed by atoms with van der Waals surface area (Å²) in [4.78, 5) is 48.3. The van der Waals surface area contributed by atoms with Crippen molar-refractivity contribution in [1.29, 1.82) is 0 Å². The third kappa shape index (κ3) is 26.3. The first-order valence-electron chi connectivity index (χ1n) is 20.1. The van der Waals surface area contributed by atoms with Gasteiger partial charge in [-0.2, -0.15) is 0 Å². The minimum absolute atomic E-state index is 0.0712. The number of esters is 1. The zero-order valence-corrected chi connectivity index (χ0v) is 36.0. The summed E-state index contributed by atoms with van der Waals surface area (Å²) in [5.74, 6) is -0.702. The molecule has 2 aliphatic rings. The predicted octanol–water partition coefficient (Wildman–Crippen LogP) is 2.17. The molecule has 1 N–H and O–H groups in total. The number of carbonyl (C=O) groups excluding carboxylic acids is 4. The second kappa shape index (κ2) is 34.1. The van der Waals surface area contributed by atoms with Crippen molar-refractivity contribution in [2.75, 3.05) is 158 Å². The van der Waals surface area contributed by atoms with Gasteiger partial charge < -0.3 is 57.4 Å². The van der Waals surface area contributed by atoms with Gasteiger partial charge in [0.15, 0.2) is 0 Å². The highest BCUT2D eigenvalue weighted by molar-refractivity contribution is 8.77. The Morgan fingerprint density at radius 2 is 1.07 bits per heavy atom. The van der Waals surface area contributed by atoms with E-state index in [1.165, 1.54) is 6.42 Å². The molecule has 1 saturated carbocycles. The fraction of sp³-hybridized carbons (Fsp3) is 0.895. The topological polar surface area (TPSA) is 185 Å². The molecule has 3 amide bonds. The smallest absolute Gasteiger partial charge is 0.308 e. The molecule has 0 aromatic heterocycles. The van der Waals surface area contributed by atoms with E-state index in [1.54, 1.807) is 17.7 Å². The summed E-state index contributed by atoms with van der Waals surface area (Å²) in [6.45, 7) is 15.3. The van der Waals surface area contributed by atoms with Crippen molar-refractivity contribution < 1.29 is 71.3 Å². The van der Waals surface area contributed by atoms with Crippen LogP contribution >= 0.6 is 21.6 Å². The number of nitrogens with one attached hydrogen (secondary N) is 1. The third-order valence-corrected chi connectivity index (χ3v) is 11.7. The van der Waals surface area contributed by atoms with E-state index < -0.39 is 5.91 Å². The monoisotopic (exact) mass is 856 g/mol. The van der Waals surface area contributed by atoms with E-state index in [0.717, 1.165) is 23.5 Å². The number of nitrogens with zero attached hydrogens (tertiary/aromatic N) is 1. The van der Waals surface area contributed by atoms with Crippen molar-refractivity contribution in [2.24, 2.45) is 11.8 Å². The quantitative estimate of drug-likeness (QED) is 0.0409. The Kier molecular flexibility index (Phi) is 30.8. The lowest BCUT2D eigenvalue weighted by atomic mass is 9.85. The normalized spacial score (nSPS) is 16.4. The van der Waals surface area contributed by atoms with Gasteiger partial charge in [-0.3, -0.25) is 24.1 Å². The van der Waals surface area contributed by atoms with Gasteiger partial charge in [-0.05, 0) is 12.8 Å². The van der Waals surface area contributed by atoms with Crippen LogP contribution in [0.2, 0.25) is 0 Å². The minimum Gasteiger partial charge on any atom is -0.464 e. The van der Waals surface area contributed by atoms with Crippen LogP contribution in [0.25, 0.3) is 0 Å². The van der Waals surface area contributed by atoms with Gasteiger partial charge in [0.1, 0.15) is 13.2 Å². The van der Waals surface area contributed by atoms with Crippen molar-refractivity contribution in [3.63, 3.8) is 0 Å². The van der Waals surface area contributed by atoms with Crippen molar-refractivity contribution in [3.8, 4) is 0 Å². The van der Waals surface area contributed by atoms with Crippen LogP contribution in [0.5, 0.6) is 0 Å². The average molecular weight is 857 g/mol. The Balaban J connectivity index is 1.17. The van der Waals surface area contributed by atoms with Crippen LogP contribution < -0.4 is 5.32 Å². The van der Waals surface area contributed by atoms with Crippen LogP contribution in [0.3, 0.4) is 0 Å². The molecule has 0 radical (unpaired) electrons. The SMILES string of the molecule is CC(C)C(=O)OCC1(SSCCOCCOCCOCCOCCOCCOCCOCCOCCOCCOCCNC(=O)CN2C(=O)CC(C)C2=O)CCC1. The van der Waals surface area contributed by atoms with Crippen LogP contribution in [0, 0.1) is 11.8 Å². The predicted molar refractivity (Wildman–Crippen MR) is 214 cm³/mol. The molecule has 1 atom stereocenters. The molecule has 17 nitrogen and oxygen atoms in total. The number of hydrogen-bond acceptors (Lipinski definition) is 17. The maximum atomic E-state index is 11.9. The van der Waals surface area contributed by atoms with Crippen molar-refractivity contribution >= 4 is 45.3 Å². The van der Waals surface area contributed by atoms with Crippen LogP contribution in [-0.2, 0) is 71.3 Å². The van der Waals surface area contributed by atoms with Gasteiger partial charge in [-0.1, -0.05) is 48.8 Å². The molecule has 2 rings (SSSR count). The molecule has 1 aliphatic heterocycles. The van der Waals surface area contributed by atoms with Crippen LogP contribution in [0.4, 0.5) is 0 Å². The highest BCUT2D eigenvalue weighted by atomic mass is 33.1. The second-order valence-electron chi connectivity index (χ2n) is 13.6. The van der Waals surface area contributed by atoms with Gasteiger partial charge in [0.25, 0.3) is 0 Å². The largest absolute Gasteiger partial charge is 0.464 e. The Hall–Kier alpha value is -1.62. The highest BCUT2D eigenvalue weighted by Crippen LogP contribution is 2.49. The first-order valence-corrected chi connectivity index (χ1v) is 22.4. The van der Waals surface area contributed by atoms with E-state index in [4.69, 9.17) is 52.1 Å². The van der Waals surface area contributed by atoms with E-state index in [0.29, 0.717) is 139 Å². The Morgan fingerprint density at radius 3 is 1.42 bits per heavy atom. The number of ether oxygens (including phenoxy) is 11. The average Bonchev–Trinajstić information content (AvgIpc) is 3.41. The number of rotatable bonds is 40. The van der Waals surface area contributed by atoms with E-state index in [1.807, 2.05) is 24.6 Å². The number of hydrogen-bond donors (Lipinski definition) is 1. The third-order valence-electron chi connectivity index (χ3n) is 8.45. The lowest BCUT2D eigenvalue weighted by Crippen LogP contribution is -2.41. The lowest BCUT2D eigenvalue weighted by molar-refractivity contribution is -0.148. The summed E-state index contributed by atoms with van der Waals surface area (Å²) in [5, 5.41) is 2.63. The van der Waals surface area contributed by atoms with Crippen LogP contribution in [0.15, 0.2) is 0 Å². The highest BCUT2D eigenvalue weighted by Gasteiger charge is 2.39. The molecule has 19 heteroatoms. The van der Waals surface area contributed by atoms with Crippen molar-refractivity contribution in [2.45, 2.75) is 51.2 Å². The van der Waals surface area contributed by atoms with Gasteiger partial charge in [-0.15, -0.1) is 0 Å². The van der Waals surface area contributed by atoms with E-state index in [-0.39, 0.29) is 53.9 Å². The molecule has 1 heterocycles. The van der Waals surface area contributed by atoms with E-state index in [9.17, 15) is 19.2 Å². The van der Waals surface area contributed by atoms with Gasteiger partial charge >= 0.3 is 5.97 Å². The molecule has 1 unspecified atom stereocenters. The molecule has 1 saturated heterocycles. The molecule has 332 valence electrons. The summed E-state index contributed by atoms with van der Waals surface area (Å²) in [6.07, 6.45) is 3.53. The molecule has 0 bridgehead atoms. The molecule has 0 spiro atoms. The fourth-order valence-electron chi connectivity index (χ4n) is 5.01. The Bertz CT molecular complexity index is 1070. The minimum atomic E-state index is -0.390. The molecular formula is C38H68N2O15S2. The van der Waals surface area contributed by atoms with Crippen LogP contribution in [0.1, 0.15) is 46.5 Å². The molecular weight excluding hydrogens is 789 g/mol. The molecule has 0 aromatic carbocycles. The number of carbonyl (C=O) groups is 4. The zero-order chi connectivity index (χ0) is 41.2. The summed E-state index contributed by atoms with van der Waals surface area (Å²) < 4.78 is 60.5. The van der Waals surface area contributed by atoms with Gasteiger partial charge in [0.05, 0.1) is 143 Å². The standard InChI is InChI=1S/C38H68N2O15S2/c1-32(2)37(44)55-31-38(5-4-6-38)57-56-28-27-54-26-25-53-24-23-52-22-21-51-20-19-50-18-17-49-16-15-48-14-13-47-12-11-46-10-9-45-8-7-39-34(41)30-40-35(42)29-33(3)36(40)43/h32-33H,4-31H2,1-3H3,(H,39,41). The zero-order valence-electron chi connectivity index (χ0n) is 34.3. The lowest BCUT2D eigenvalue weighted by Gasteiger charge is -2.40. The Morgan fingerprint density at radius 1 is 0.667 bits per heavy atom. The maximum absolute atomic E-state index is 11.9. The van der Waals surface area contributed by atoms with Crippen molar-refractivity contribution in [1.82, 2.24) is 10.2 Å². The molecule has 2 fully saturated rings. The molecule has 0 aromatic rings. The van der Waals surface area contributed by atoms with E-state index >= 15 is 0 Å². The van der Waals surface area contributed by atoms with Crippen LogP contribution in [-0.4, -0.2) is 191 Å². The van der Waals surface area contributed by atoms with Crippen molar-refractivity contribution in [3.05, 3.63) is 0 Å². The summed E-state index contributed by atoms with van der Waals surface area (Å²) in [6, 6.07) is 0. The summed E-state index contributed by atoms with van der Waals surface area (Å²) >= 11 is 0. The van der Waals surface area contributed by atoms with Gasteiger partial charge in [-0.25, -0.2) is 0 Å². The number of amides is 3. The molecule has 57 heavy (non-hydrogen) atoms. The number of likely N-dealkylation sites (tertiary alicyclic amines) is 1. The first kappa shape index (κ1) is 51.5.